The number of aromatic nitrogens is 1. The number of Topliss-reactive ketones (excluding diaryl/α,β-unsaturated/α-hetero) is 1. The van der Waals surface area contributed by atoms with Crippen LogP contribution in [0.1, 0.15) is 16.1 Å². The molecule has 0 fully saturated rings. The van der Waals surface area contributed by atoms with E-state index in [4.69, 9.17) is 14.6 Å². The van der Waals surface area contributed by atoms with E-state index in [1.807, 2.05) is 12.1 Å². The minimum Gasteiger partial charge on any atom is -0.491 e. The van der Waals surface area contributed by atoms with Gasteiger partial charge in [-0.1, -0.05) is 24.3 Å². The van der Waals surface area contributed by atoms with Crippen LogP contribution in [0.2, 0.25) is 0 Å². The molecule has 1 aliphatic rings. The number of ketones is 1. The number of pyridine rings is 1. The van der Waals surface area contributed by atoms with Gasteiger partial charge in [-0.05, 0) is 47.5 Å². The number of amides is 3. The molecule has 0 radical (unpaired) electrons. The van der Waals surface area contributed by atoms with Crippen molar-refractivity contribution >= 4 is 29.3 Å². The van der Waals surface area contributed by atoms with Crippen molar-refractivity contribution in [3.05, 3.63) is 71.9 Å². The number of aliphatic hydroxyl groups is 2. The highest BCUT2D eigenvalue weighted by atomic mass is 16.5. The number of nitrogens with zero attached hydrogens (tertiary/aromatic N) is 1. The predicted octanol–water partition coefficient (Wildman–Crippen LogP) is 0.427. The van der Waals surface area contributed by atoms with Crippen LogP contribution in [0.15, 0.2) is 60.7 Å². The van der Waals surface area contributed by atoms with Crippen molar-refractivity contribution in [1.29, 1.82) is 0 Å². The summed E-state index contributed by atoms with van der Waals surface area (Å²) in [5.41, 5.74) is 2.27. The molecule has 5 N–H and O–H groups in total. The molecule has 12 nitrogen and oxygen atoms in total. The molecule has 0 saturated carbocycles. The number of anilines is 1. The van der Waals surface area contributed by atoms with E-state index >= 15 is 0 Å². The Labute approximate surface area is 223 Å². The lowest BCUT2D eigenvalue weighted by molar-refractivity contribution is -0.132. The first-order valence-corrected chi connectivity index (χ1v) is 12.0. The van der Waals surface area contributed by atoms with Gasteiger partial charge in [-0.25, -0.2) is 4.98 Å². The highest BCUT2D eigenvalue weighted by molar-refractivity contribution is 6.10. The molecule has 0 aliphatic carbocycles. The molecule has 0 saturated heterocycles. The molecule has 3 aromatic rings. The molecule has 0 spiro atoms. The van der Waals surface area contributed by atoms with E-state index in [0.29, 0.717) is 17.2 Å². The first-order valence-electron chi connectivity index (χ1n) is 12.0. The topological polar surface area (TPSA) is 176 Å². The van der Waals surface area contributed by atoms with Crippen LogP contribution in [0.3, 0.4) is 0 Å². The van der Waals surface area contributed by atoms with Crippen LogP contribution in [-0.2, 0) is 20.9 Å². The van der Waals surface area contributed by atoms with Crippen LogP contribution in [0.5, 0.6) is 11.5 Å². The van der Waals surface area contributed by atoms with Crippen LogP contribution >= 0.6 is 0 Å². The summed E-state index contributed by atoms with van der Waals surface area (Å²) in [6, 6.07) is 15.3. The number of nitrogens with one attached hydrogen (secondary N) is 3. The molecule has 39 heavy (non-hydrogen) atoms. The highest BCUT2D eigenvalue weighted by Crippen LogP contribution is 2.25. The lowest BCUT2D eigenvalue weighted by atomic mass is 10.0. The third kappa shape index (κ3) is 6.94. The summed E-state index contributed by atoms with van der Waals surface area (Å²) in [5.74, 6) is -1.54. The van der Waals surface area contributed by atoms with Crippen LogP contribution in [0.25, 0.3) is 11.1 Å². The fourth-order valence-corrected chi connectivity index (χ4v) is 3.70. The molecule has 1 aromatic heterocycles. The van der Waals surface area contributed by atoms with Gasteiger partial charge in [0.1, 0.15) is 19.0 Å². The van der Waals surface area contributed by atoms with E-state index < -0.39 is 30.2 Å². The Morgan fingerprint density at radius 2 is 1.69 bits per heavy atom. The van der Waals surface area contributed by atoms with Gasteiger partial charge < -0.3 is 35.6 Å². The maximum absolute atomic E-state index is 12.8. The number of hydrogen-bond acceptors (Lipinski definition) is 9. The Morgan fingerprint density at radius 3 is 2.36 bits per heavy atom. The van der Waals surface area contributed by atoms with Crippen molar-refractivity contribution in [2.75, 3.05) is 31.7 Å². The average molecular weight is 535 g/mol. The normalized spacial score (nSPS) is 12.8. The number of aliphatic hydroxyl groups excluding tert-OH is 2. The van der Waals surface area contributed by atoms with Gasteiger partial charge >= 0.3 is 0 Å². The van der Waals surface area contributed by atoms with Crippen molar-refractivity contribution in [3.63, 3.8) is 0 Å². The van der Waals surface area contributed by atoms with Crippen LogP contribution in [0, 0.1) is 0 Å². The number of benzene rings is 2. The fraction of sp³-hybridized carbons (Fsp3) is 0.222. The van der Waals surface area contributed by atoms with E-state index in [1.165, 1.54) is 0 Å². The van der Waals surface area contributed by atoms with E-state index in [2.05, 4.69) is 20.9 Å². The van der Waals surface area contributed by atoms with Crippen LogP contribution in [-0.4, -0.2) is 71.2 Å². The molecule has 0 bridgehead atoms. The highest BCUT2D eigenvalue weighted by Gasteiger charge is 2.28. The number of ether oxygens (including phenoxy) is 2. The maximum atomic E-state index is 12.8. The minimum absolute atomic E-state index is 0.0831. The second-order valence-corrected chi connectivity index (χ2v) is 8.41. The molecule has 12 heteroatoms. The second kappa shape index (κ2) is 12.6. The average Bonchev–Trinajstić information content (AvgIpc) is 2.97. The number of carbonyl (C=O) groups excluding carboxylic acids is 4. The van der Waals surface area contributed by atoms with Crippen molar-refractivity contribution in [2.24, 2.45) is 0 Å². The molecule has 3 amide bonds. The smallest absolute Gasteiger partial charge is 0.263 e. The minimum atomic E-state index is -1.63. The van der Waals surface area contributed by atoms with Gasteiger partial charge in [0.2, 0.25) is 0 Å². The maximum Gasteiger partial charge on any atom is 0.263 e. The summed E-state index contributed by atoms with van der Waals surface area (Å²) in [5, 5.41) is 25.6. The molecular weight excluding hydrogens is 508 g/mol. The first kappa shape index (κ1) is 27.2. The molecule has 2 aromatic carbocycles. The third-order valence-corrected chi connectivity index (χ3v) is 5.69. The van der Waals surface area contributed by atoms with E-state index in [9.17, 15) is 24.3 Å². The Bertz CT molecular complexity index is 1360. The molecule has 1 unspecified atom stereocenters. The largest absolute Gasteiger partial charge is 0.491 e. The lowest BCUT2D eigenvalue weighted by Crippen LogP contribution is -2.52. The lowest BCUT2D eigenvalue weighted by Gasteiger charge is -2.19. The summed E-state index contributed by atoms with van der Waals surface area (Å²) >= 11 is 0. The zero-order valence-electron chi connectivity index (χ0n) is 20.7. The molecule has 1 aliphatic heterocycles. The molecule has 1 atom stereocenters. The number of carbonyl (C=O) groups is 4. The fourth-order valence-electron chi connectivity index (χ4n) is 3.70. The van der Waals surface area contributed by atoms with E-state index in [-0.39, 0.29) is 43.7 Å². The van der Waals surface area contributed by atoms with Gasteiger partial charge in [0.05, 0.1) is 18.8 Å². The second-order valence-electron chi connectivity index (χ2n) is 8.41. The summed E-state index contributed by atoms with van der Waals surface area (Å²) in [7, 11) is 0. The van der Waals surface area contributed by atoms with E-state index in [1.54, 1.807) is 48.5 Å². The number of fused-ring (bicyclic) bond motifs is 1. The van der Waals surface area contributed by atoms with Crippen molar-refractivity contribution in [3.8, 4) is 22.6 Å². The van der Waals surface area contributed by atoms with Gasteiger partial charge in [-0.2, -0.15) is 0 Å². The Morgan fingerprint density at radius 1 is 1.00 bits per heavy atom. The molecule has 4 rings (SSSR count). The number of hydrogen-bond donors (Lipinski definition) is 5. The SMILES string of the molecule is O=C1COc2ccc(CNC(=O)C(NC(=O)c3ccc(-c4ccc(OCCO)cc4)cc3)C(=O)CO)nc2N1. The van der Waals surface area contributed by atoms with Crippen molar-refractivity contribution < 1.29 is 38.9 Å². The van der Waals surface area contributed by atoms with Crippen molar-refractivity contribution in [1.82, 2.24) is 15.6 Å². The molecule has 202 valence electrons. The zero-order valence-corrected chi connectivity index (χ0v) is 20.7. The zero-order chi connectivity index (χ0) is 27.8. The van der Waals surface area contributed by atoms with Crippen molar-refractivity contribution in [2.45, 2.75) is 12.6 Å². The summed E-state index contributed by atoms with van der Waals surface area (Å²) in [4.78, 5) is 53.5. The first-order chi connectivity index (χ1) is 18.9. The van der Waals surface area contributed by atoms with Crippen LogP contribution < -0.4 is 25.4 Å². The van der Waals surface area contributed by atoms with Gasteiger partial charge in [0.15, 0.2) is 30.0 Å². The monoisotopic (exact) mass is 534 g/mol. The van der Waals surface area contributed by atoms with Gasteiger partial charge in [0, 0.05) is 5.56 Å². The molecule has 2 heterocycles. The molecular formula is C27H26N4O8. The van der Waals surface area contributed by atoms with Gasteiger partial charge in [-0.3, -0.25) is 19.2 Å². The summed E-state index contributed by atoms with van der Waals surface area (Å²) in [6.07, 6.45) is 0. The predicted molar refractivity (Wildman–Crippen MR) is 138 cm³/mol. The number of rotatable bonds is 11. The third-order valence-electron chi connectivity index (χ3n) is 5.69. The Balaban J connectivity index is 1.38. The standard InChI is InChI=1S/C27H26N4O8/c32-11-12-38-20-8-5-17(6-9-20)16-1-3-18(4-2-16)26(36)31-24(21(34)14-33)27(37)28-13-19-7-10-22-25(29-19)30-23(35)15-39-22/h1-10,24,32-33H,11-15H2,(H,28,37)(H,31,36)(H,29,30,35). The van der Waals surface area contributed by atoms with E-state index in [0.717, 1.165) is 11.1 Å². The van der Waals surface area contributed by atoms with Gasteiger partial charge in [0.25, 0.3) is 17.7 Å². The van der Waals surface area contributed by atoms with Gasteiger partial charge in [-0.15, -0.1) is 0 Å². The Kier molecular flexibility index (Phi) is 8.82. The summed E-state index contributed by atoms with van der Waals surface area (Å²) in [6.45, 7) is -1.06. The Hall–Kier alpha value is -4.81. The van der Waals surface area contributed by atoms with Crippen LogP contribution in [0.4, 0.5) is 5.82 Å². The summed E-state index contributed by atoms with van der Waals surface area (Å²) < 4.78 is 10.6. The quantitative estimate of drug-likeness (QED) is 0.218.